The van der Waals surface area contributed by atoms with Gasteiger partial charge in [0.05, 0.1) is 0 Å². The standard InChI is InChI=1S/C12H17P/c1-3-11(12(13)4-2)10-8-6-5-7-9-10/h3,5-9,11-12H,1,4,13H2,2H3. The van der Waals surface area contributed by atoms with E-state index < -0.39 is 0 Å². The Morgan fingerprint density at radius 1 is 1.38 bits per heavy atom. The number of hydrogen-bond acceptors (Lipinski definition) is 0. The van der Waals surface area contributed by atoms with E-state index in [1.807, 2.05) is 12.1 Å². The molecule has 1 rings (SSSR count). The lowest BCUT2D eigenvalue weighted by Gasteiger charge is -2.19. The summed E-state index contributed by atoms with van der Waals surface area (Å²) in [6.07, 6.45) is 3.20. The third-order valence-electron chi connectivity index (χ3n) is 2.37. The van der Waals surface area contributed by atoms with Crippen molar-refractivity contribution in [3.63, 3.8) is 0 Å². The highest BCUT2D eigenvalue weighted by Gasteiger charge is 2.13. The third-order valence-corrected chi connectivity index (χ3v) is 3.26. The first-order valence-electron chi connectivity index (χ1n) is 4.72. The van der Waals surface area contributed by atoms with E-state index >= 15 is 0 Å². The van der Waals surface area contributed by atoms with Crippen molar-refractivity contribution in [3.05, 3.63) is 48.6 Å². The van der Waals surface area contributed by atoms with E-state index in [9.17, 15) is 0 Å². The zero-order valence-corrected chi connectivity index (χ0v) is 9.27. The van der Waals surface area contributed by atoms with E-state index in [-0.39, 0.29) is 0 Å². The number of rotatable bonds is 4. The lowest BCUT2D eigenvalue weighted by atomic mass is 9.94. The van der Waals surface area contributed by atoms with E-state index in [0.29, 0.717) is 11.6 Å². The van der Waals surface area contributed by atoms with Crippen molar-refractivity contribution >= 4 is 9.24 Å². The number of hydrogen-bond donors (Lipinski definition) is 0. The van der Waals surface area contributed by atoms with Crippen LogP contribution >= 0.6 is 9.24 Å². The van der Waals surface area contributed by atoms with Crippen LogP contribution in [0.3, 0.4) is 0 Å². The summed E-state index contributed by atoms with van der Waals surface area (Å²) in [6.45, 7) is 6.10. The second-order valence-corrected chi connectivity index (χ2v) is 4.10. The Hall–Kier alpha value is -0.610. The summed E-state index contributed by atoms with van der Waals surface area (Å²) in [5.41, 5.74) is 1.96. The van der Waals surface area contributed by atoms with Gasteiger partial charge in [0.1, 0.15) is 0 Å². The highest BCUT2D eigenvalue weighted by Crippen LogP contribution is 2.27. The molecule has 0 saturated carbocycles. The molecule has 0 radical (unpaired) electrons. The Kier molecular flexibility index (Phi) is 4.18. The monoisotopic (exact) mass is 192 g/mol. The maximum atomic E-state index is 3.89. The summed E-state index contributed by atoms with van der Waals surface area (Å²) in [5.74, 6) is 0.469. The normalized spacial score (nSPS) is 14.9. The quantitative estimate of drug-likeness (QED) is 0.505. The smallest absolute Gasteiger partial charge is 0.00780 e. The number of benzene rings is 1. The highest BCUT2D eigenvalue weighted by molar-refractivity contribution is 7.17. The van der Waals surface area contributed by atoms with Crippen molar-refractivity contribution < 1.29 is 0 Å². The maximum Gasteiger partial charge on any atom is 0.00780 e. The zero-order chi connectivity index (χ0) is 9.68. The molecule has 0 heterocycles. The highest BCUT2D eigenvalue weighted by atomic mass is 31.0. The Morgan fingerprint density at radius 3 is 2.46 bits per heavy atom. The van der Waals surface area contributed by atoms with Crippen LogP contribution in [0.4, 0.5) is 0 Å². The van der Waals surface area contributed by atoms with Crippen LogP contribution < -0.4 is 0 Å². The molecule has 0 saturated heterocycles. The second-order valence-electron chi connectivity index (χ2n) is 3.24. The van der Waals surface area contributed by atoms with Gasteiger partial charge in [-0.05, 0) is 17.6 Å². The van der Waals surface area contributed by atoms with E-state index in [2.05, 4.69) is 47.0 Å². The Labute approximate surface area is 83.3 Å². The van der Waals surface area contributed by atoms with Gasteiger partial charge in [0, 0.05) is 5.92 Å². The van der Waals surface area contributed by atoms with Gasteiger partial charge < -0.3 is 0 Å². The molecule has 0 bridgehead atoms. The molecule has 0 nitrogen and oxygen atoms in total. The summed E-state index contributed by atoms with van der Waals surface area (Å²) >= 11 is 0. The SMILES string of the molecule is C=CC(c1ccccc1)C(P)CC. The molecule has 3 atom stereocenters. The molecule has 0 N–H and O–H groups in total. The lowest BCUT2D eigenvalue weighted by Crippen LogP contribution is -2.08. The Balaban J connectivity index is 2.84. The fourth-order valence-corrected chi connectivity index (χ4v) is 1.87. The van der Waals surface area contributed by atoms with Crippen LogP contribution in [0.5, 0.6) is 0 Å². The third kappa shape index (κ3) is 2.67. The molecule has 3 unspecified atom stereocenters. The topological polar surface area (TPSA) is 0 Å². The van der Waals surface area contributed by atoms with Gasteiger partial charge in [-0.2, -0.15) is 0 Å². The van der Waals surface area contributed by atoms with Gasteiger partial charge in [0.15, 0.2) is 0 Å². The molecule has 0 spiro atoms. The molecule has 0 aliphatic rings. The lowest BCUT2D eigenvalue weighted by molar-refractivity contribution is 0.739. The van der Waals surface area contributed by atoms with Gasteiger partial charge in [-0.1, -0.05) is 43.3 Å². The molecule has 70 valence electrons. The van der Waals surface area contributed by atoms with Gasteiger partial charge >= 0.3 is 0 Å². The van der Waals surface area contributed by atoms with Crippen molar-refractivity contribution in [2.24, 2.45) is 0 Å². The average Bonchev–Trinajstić information content (AvgIpc) is 2.20. The van der Waals surface area contributed by atoms with Crippen molar-refractivity contribution in [2.75, 3.05) is 0 Å². The van der Waals surface area contributed by atoms with Gasteiger partial charge in [0.25, 0.3) is 0 Å². The molecular weight excluding hydrogens is 175 g/mol. The van der Waals surface area contributed by atoms with E-state index in [1.165, 1.54) is 5.56 Å². The van der Waals surface area contributed by atoms with Gasteiger partial charge in [-0.25, -0.2) is 0 Å². The van der Waals surface area contributed by atoms with E-state index in [0.717, 1.165) is 6.42 Å². The fraction of sp³-hybridized carbons (Fsp3) is 0.333. The Morgan fingerprint density at radius 2 is 2.00 bits per heavy atom. The fourth-order valence-electron chi connectivity index (χ4n) is 1.49. The first-order valence-corrected chi connectivity index (χ1v) is 5.39. The predicted molar refractivity (Wildman–Crippen MR) is 63.2 cm³/mol. The minimum absolute atomic E-state index is 0.469. The summed E-state index contributed by atoms with van der Waals surface area (Å²) in [4.78, 5) is 0. The largest absolute Gasteiger partial charge is 0.133 e. The van der Waals surface area contributed by atoms with Crippen LogP contribution in [0, 0.1) is 0 Å². The molecule has 0 aliphatic carbocycles. The first-order chi connectivity index (χ1) is 6.29. The molecule has 1 aromatic carbocycles. The van der Waals surface area contributed by atoms with Crippen LogP contribution in [-0.4, -0.2) is 5.66 Å². The predicted octanol–water partition coefficient (Wildman–Crippen LogP) is 3.61. The van der Waals surface area contributed by atoms with Crippen molar-refractivity contribution in [1.29, 1.82) is 0 Å². The van der Waals surface area contributed by atoms with E-state index in [4.69, 9.17) is 0 Å². The van der Waals surface area contributed by atoms with E-state index in [1.54, 1.807) is 0 Å². The van der Waals surface area contributed by atoms with Crippen molar-refractivity contribution in [3.8, 4) is 0 Å². The molecule has 0 amide bonds. The molecule has 13 heavy (non-hydrogen) atoms. The average molecular weight is 192 g/mol. The Bertz CT molecular complexity index is 253. The van der Waals surface area contributed by atoms with Crippen LogP contribution in [0.15, 0.2) is 43.0 Å². The molecule has 0 aliphatic heterocycles. The van der Waals surface area contributed by atoms with Gasteiger partial charge in [-0.3, -0.25) is 0 Å². The second kappa shape index (κ2) is 5.19. The molecule has 1 heteroatoms. The number of allylic oxidation sites excluding steroid dienone is 1. The van der Waals surface area contributed by atoms with Crippen LogP contribution in [0.1, 0.15) is 24.8 Å². The van der Waals surface area contributed by atoms with Crippen LogP contribution in [0.25, 0.3) is 0 Å². The zero-order valence-electron chi connectivity index (χ0n) is 8.11. The molecule has 0 aromatic heterocycles. The first kappa shape index (κ1) is 10.5. The minimum atomic E-state index is 0.469. The van der Waals surface area contributed by atoms with Crippen LogP contribution in [0.2, 0.25) is 0 Å². The van der Waals surface area contributed by atoms with Crippen molar-refractivity contribution in [1.82, 2.24) is 0 Å². The summed E-state index contributed by atoms with van der Waals surface area (Å²) in [7, 11) is 2.90. The summed E-state index contributed by atoms with van der Waals surface area (Å²) in [6, 6.07) is 10.5. The summed E-state index contributed by atoms with van der Waals surface area (Å²) < 4.78 is 0. The van der Waals surface area contributed by atoms with Gasteiger partial charge in [-0.15, -0.1) is 15.8 Å². The molecular formula is C12H17P. The van der Waals surface area contributed by atoms with Gasteiger partial charge in [0.2, 0.25) is 0 Å². The summed E-state index contributed by atoms with van der Waals surface area (Å²) in [5, 5.41) is 0. The molecule has 1 aromatic rings. The maximum absolute atomic E-state index is 3.89. The van der Waals surface area contributed by atoms with Crippen molar-refractivity contribution in [2.45, 2.75) is 24.9 Å². The van der Waals surface area contributed by atoms with Crippen LogP contribution in [-0.2, 0) is 0 Å². The minimum Gasteiger partial charge on any atom is -0.133 e. The molecule has 0 fully saturated rings.